The van der Waals surface area contributed by atoms with E-state index < -0.39 is 23.5 Å². The van der Waals surface area contributed by atoms with Crippen molar-refractivity contribution in [2.24, 2.45) is 0 Å². The highest BCUT2D eigenvalue weighted by Gasteiger charge is 2.25. The molecule has 86 valence electrons. The van der Waals surface area contributed by atoms with E-state index in [1.807, 2.05) is 0 Å². The summed E-state index contributed by atoms with van der Waals surface area (Å²) in [6, 6.07) is 2.97. The first kappa shape index (κ1) is 11.2. The predicted octanol–water partition coefficient (Wildman–Crippen LogP) is 2.72. The third-order valence-electron chi connectivity index (χ3n) is 2.67. The Morgan fingerprint density at radius 3 is 2.75 bits per heavy atom. The van der Waals surface area contributed by atoms with Gasteiger partial charge in [-0.1, -0.05) is 0 Å². The number of carbonyl (C=O) groups excluding carboxylic acids is 1. The maximum atomic E-state index is 13.3. The Bertz CT molecular complexity index is 398. The Labute approximate surface area is 92.2 Å². The minimum absolute atomic E-state index is 0.0895. The fraction of sp³-hybridized carbons (Fsp3) is 0.417. The van der Waals surface area contributed by atoms with Crippen LogP contribution in [0, 0.1) is 11.6 Å². The molecule has 0 radical (unpaired) electrons. The van der Waals surface area contributed by atoms with Gasteiger partial charge in [-0.3, -0.25) is 4.79 Å². The molecule has 1 heterocycles. The first-order chi connectivity index (χ1) is 7.68. The zero-order valence-electron chi connectivity index (χ0n) is 8.71. The number of ether oxygens (including phenoxy) is 1. The monoisotopic (exact) mass is 226 g/mol. The number of hydrogen-bond acceptors (Lipinski definition) is 2. The van der Waals surface area contributed by atoms with E-state index >= 15 is 0 Å². The fourth-order valence-corrected chi connectivity index (χ4v) is 1.81. The average Bonchev–Trinajstić information content (AvgIpc) is 2.29. The molecule has 1 fully saturated rings. The second-order valence-corrected chi connectivity index (χ2v) is 3.84. The number of halogens is 2. The van der Waals surface area contributed by atoms with Gasteiger partial charge in [-0.15, -0.1) is 0 Å². The molecule has 4 heteroatoms. The van der Waals surface area contributed by atoms with Gasteiger partial charge in [-0.2, -0.15) is 0 Å². The van der Waals surface area contributed by atoms with Gasteiger partial charge in [-0.25, -0.2) is 8.78 Å². The summed E-state index contributed by atoms with van der Waals surface area (Å²) in [4.78, 5) is 11.8. The highest BCUT2D eigenvalue weighted by molar-refractivity contribution is 5.99. The van der Waals surface area contributed by atoms with Crippen LogP contribution >= 0.6 is 0 Å². The van der Waals surface area contributed by atoms with Gasteiger partial charge < -0.3 is 4.74 Å². The summed E-state index contributed by atoms with van der Waals surface area (Å²) in [7, 11) is 0. The smallest absolute Gasteiger partial charge is 0.194 e. The highest BCUT2D eigenvalue weighted by Crippen LogP contribution is 2.19. The largest absolute Gasteiger partial charge is 0.370 e. The molecular weight excluding hydrogens is 214 g/mol. The van der Waals surface area contributed by atoms with Crippen LogP contribution in [0.5, 0.6) is 0 Å². The average molecular weight is 226 g/mol. The lowest BCUT2D eigenvalue weighted by atomic mass is 9.99. The molecule has 1 saturated heterocycles. The molecule has 1 aliphatic rings. The van der Waals surface area contributed by atoms with Gasteiger partial charge in [0.2, 0.25) is 0 Å². The van der Waals surface area contributed by atoms with Crippen molar-refractivity contribution in [2.75, 3.05) is 6.61 Å². The lowest BCUT2D eigenvalue weighted by Crippen LogP contribution is -2.28. The van der Waals surface area contributed by atoms with E-state index in [0.717, 1.165) is 25.0 Å². The Morgan fingerprint density at radius 1 is 1.31 bits per heavy atom. The van der Waals surface area contributed by atoms with Crippen LogP contribution in [0.15, 0.2) is 18.2 Å². The summed E-state index contributed by atoms with van der Waals surface area (Å²) in [5.74, 6) is -1.89. The number of ketones is 1. The molecule has 0 N–H and O–H groups in total. The van der Waals surface area contributed by atoms with Crippen LogP contribution in [-0.4, -0.2) is 18.5 Å². The zero-order valence-corrected chi connectivity index (χ0v) is 8.71. The van der Waals surface area contributed by atoms with Crippen LogP contribution in [0.2, 0.25) is 0 Å². The molecule has 2 rings (SSSR count). The summed E-state index contributed by atoms with van der Waals surface area (Å²) in [5, 5.41) is 0. The molecule has 16 heavy (non-hydrogen) atoms. The molecule has 1 atom stereocenters. The van der Waals surface area contributed by atoms with Crippen molar-refractivity contribution in [1.29, 1.82) is 0 Å². The number of hydrogen-bond donors (Lipinski definition) is 0. The summed E-state index contributed by atoms with van der Waals surface area (Å²) in [5.41, 5.74) is -0.0895. The Balaban J connectivity index is 2.19. The first-order valence-electron chi connectivity index (χ1n) is 5.29. The van der Waals surface area contributed by atoms with E-state index in [4.69, 9.17) is 4.74 Å². The van der Waals surface area contributed by atoms with E-state index in [1.54, 1.807) is 0 Å². The van der Waals surface area contributed by atoms with Crippen molar-refractivity contribution in [2.45, 2.75) is 25.4 Å². The van der Waals surface area contributed by atoms with Crippen LogP contribution in [0.1, 0.15) is 29.6 Å². The van der Waals surface area contributed by atoms with Crippen LogP contribution in [-0.2, 0) is 4.74 Å². The molecule has 0 bridgehead atoms. The maximum absolute atomic E-state index is 13.3. The third kappa shape index (κ3) is 2.27. The normalized spacial score (nSPS) is 20.8. The third-order valence-corrected chi connectivity index (χ3v) is 2.67. The van der Waals surface area contributed by atoms with Crippen molar-refractivity contribution in [3.63, 3.8) is 0 Å². The number of rotatable bonds is 2. The van der Waals surface area contributed by atoms with Crippen molar-refractivity contribution >= 4 is 5.78 Å². The second-order valence-electron chi connectivity index (χ2n) is 3.84. The van der Waals surface area contributed by atoms with Gasteiger partial charge in [0.05, 0.1) is 5.56 Å². The number of carbonyl (C=O) groups is 1. The fourth-order valence-electron chi connectivity index (χ4n) is 1.81. The molecule has 0 aliphatic carbocycles. The first-order valence-corrected chi connectivity index (χ1v) is 5.29. The van der Waals surface area contributed by atoms with Gasteiger partial charge >= 0.3 is 0 Å². The van der Waals surface area contributed by atoms with Gasteiger partial charge in [0.15, 0.2) is 5.78 Å². The van der Waals surface area contributed by atoms with Crippen LogP contribution in [0.4, 0.5) is 8.78 Å². The Morgan fingerprint density at radius 2 is 2.12 bits per heavy atom. The lowest BCUT2D eigenvalue weighted by molar-refractivity contribution is 0.0183. The molecule has 0 amide bonds. The van der Waals surface area contributed by atoms with Crippen molar-refractivity contribution < 1.29 is 18.3 Å². The quantitative estimate of drug-likeness (QED) is 0.725. The zero-order chi connectivity index (χ0) is 11.5. The molecule has 0 spiro atoms. The van der Waals surface area contributed by atoms with Gasteiger partial charge in [0, 0.05) is 12.7 Å². The number of Topliss-reactive ketones (excluding diaryl/α,β-unsaturated/α-hetero) is 1. The van der Waals surface area contributed by atoms with E-state index in [0.29, 0.717) is 13.0 Å². The number of benzene rings is 1. The minimum atomic E-state index is -0.820. The Hall–Kier alpha value is -1.29. The van der Waals surface area contributed by atoms with Crippen LogP contribution in [0.25, 0.3) is 0 Å². The van der Waals surface area contributed by atoms with Crippen molar-refractivity contribution in [3.8, 4) is 0 Å². The summed E-state index contributed by atoms with van der Waals surface area (Å²) >= 11 is 0. The summed E-state index contributed by atoms with van der Waals surface area (Å²) in [6.07, 6.45) is 1.86. The van der Waals surface area contributed by atoms with Crippen LogP contribution in [0.3, 0.4) is 0 Å². The van der Waals surface area contributed by atoms with Crippen LogP contribution < -0.4 is 0 Å². The molecule has 1 aromatic carbocycles. The molecule has 0 aromatic heterocycles. The van der Waals surface area contributed by atoms with Gasteiger partial charge in [0.1, 0.15) is 17.7 Å². The summed E-state index contributed by atoms with van der Waals surface area (Å²) in [6.45, 7) is 0.527. The molecular formula is C12H12F2O2. The minimum Gasteiger partial charge on any atom is -0.370 e. The molecule has 1 unspecified atom stereocenters. The molecule has 2 nitrogen and oxygen atoms in total. The van der Waals surface area contributed by atoms with Gasteiger partial charge in [0.25, 0.3) is 0 Å². The molecule has 0 saturated carbocycles. The van der Waals surface area contributed by atoms with Gasteiger partial charge in [-0.05, 0) is 31.4 Å². The standard InChI is InChI=1S/C12H12F2O2/c13-8-4-5-9(10(14)7-8)12(15)11-3-1-2-6-16-11/h4-5,7,11H,1-3,6H2. The molecule has 1 aromatic rings. The summed E-state index contributed by atoms with van der Waals surface area (Å²) < 4.78 is 31.3. The maximum Gasteiger partial charge on any atom is 0.194 e. The highest BCUT2D eigenvalue weighted by atomic mass is 19.1. The van der Waals surface area contributed by atoms with E-state index in [-0.39, 0.29) is 5.56 Å². The van der Waals surface area contributed by atoms with E-state index in [1.165, 1.54) is 6.07 Å². The van der Waals surface area contributed by atoms with Crippen molar-refractivity contribution in [1.82, 2.24) is 0 Å². The van der Waals surface area contributed by atoms with E-state index in [9.17, 15) is 13.6 Å². The second kappa shape index (κ2) is 4.70. The van der Waals surface area contributed by atoms with Crippen molar-refractivity contribution in [3.05, 3.63) is 35.4 Å². The lowest BCUT2D eigenvalue weighted by Gasteiger charge is -2.21. The SMILES string of the molecule is O=C(c1ccc(F)cc1F)C1CCCCO1. The predicted molar refractivity (Wildman–Crippen MR) is 54.3 cm³/mol. The van der Waals surface area contributed by atoms with E-state index in [2.05, 4.69) is 0 Å². The topological polar surface area (TPSA) is 26.3 Å². The Kier molecular flexibility index (Phi) is 3.29. The molecule has 1 aliphatic heterocycles.